The Bertz CT molecular complexity index is 226. The molecule has 0 amide bonds. The van der Waals surface area contributed by atoms with Gasteiger partial charge in [-0.05, 0) is 52.4 Å². The van der Waals surface area contributed by atoms with Crippen LogP contribution in [0.25, 0.3) is 0 Å². The average molecular weight is 238 g/mol. The molecule has 0 heterocycles. The fraction of sp³-hybridized carbons (Fsp3) is 0.857. The molecule has 0 radical (unpaired) electrons. The number of hydrogen-bond donors (Lipinski definition) is 0. The molecule has 0 saturated heterocycles. The van der Waals surface area contributed by atoms with Crippen molar-refractivity contribution in [3.8, 4) is 0 Å². The zero-order chi connectivity index (χ0) is 12.7. The summed E-state index contributed by atoms with van der Waals surface area (Å²) in [7, 11) is -0.131. The molecular weight excluding hydrogens is 211 g/mol. The van der Waals surface area contributed by atoms with Gasteiger partial charge < -0.3 is 9.31 Å². The van der Waals surface area contributed by atoms with Gasteiger partial charge in [0.15, 0.2) is 0 Å². The first-order valence-electron chi connectivity index (χ1n) is 7.09. The average Bonchev–Trinajstić information content (AvgIpc) is 2.13. The van der Waals surface area contributed by atoms with Gasteiger partial charge >= 0.3 is 7.12 Å². The second-order valence-electron chi connectivity index (χ2n) is 5.43. The maximum absolute atomic E-state index is 5.91. The van der Waals surface area contributed by atoms with E-state index in [1.807, 2.05) is 0 Å². The predicted octanol–water partition coefficient (Wildman–Crippen LogP) is 4.14. The Morgan fingerprint density at radius 1 is 0.941 bits per heavy atom. The quantitative estimate of drug-likeness (QED) is 0.670. The zero-order valence-electron chi connectivity index (χ0n) is 11.9. The highest BCUT2D eigenvalue weighted by atomic mass is 16.6. The van der Waals surface area contributed by atoms with Crippen LogP contribution in [0.2, 0.25) is 0 Å². The lowest BCUT2D eigenvalue weighted by Crippen LogP contribution is -2.32. The second kappa shape index (κ2) is 7.94. The van der Waals surface area contributed by atoms with Crippen LogP contribution < -0.4 is 0 Å². The molecule has 0 spiro atoms. The zero-order valence-corrected chi connectivity index (χ0v) is 11.9. The van der Waals surface area contributed by atoms with E-state index in [-0.39, 0.29) is 19.3 Å². The van der Waals surface area contributed by atoms with E-state index in [4.69, 9.17) is 9.31 Å². The van der Waals surface area contributed by atoms with Crippen molar-refractivity contribution in [2.75, 3.05) is 0 Å². The molecule has 0 N–H and O–H groups in total. The Balaban J connectivity index is 2.64. The van der Waals surface area contributed by atoms with E-state index in [1.54, 1.807) is 0 Å². The van der Waals surface area contributed by atoms with Crippen LogP contribution in [0.15, 0.2) is 11.5 Å². The minimum atomic E-state index is -0.131. The molecule has 0 aromatic rings. The molecule has 1 aliphatic rings. The normalized spacial score (nSPS) is 20.9. The lowest BCUT2D eigenvalue weighted by molar-refractivity contribution is 0.135. The monoisotopic (exact) mass is 238 g/mol. The van der Waals surface area contributed by atoms with Gasteiger partial charge in [-0.1, -0.05) is 25.3 Å². The van der Waals surface area contributed by atoms with E-state index in [9.17, 15) is 0 Å². The molecule has 0 saturated carbocycles. The van der Waals surface area contributed by atoms with Crippen molar-refractivity contribution in [2.24, 2.45) is 0 Å². The van der Waals surface area contributed by atoms with Crippen molar-refractivity contribution in [2.45, 2.75) is 78.4 Å². The Morgan fingerprint density at radius 2 is 1.53 bits per heavy atom. The van der Waals surface area contributed by atoms with E-state index < -0.39 is 0 Å². The van der Waals surface area contributed by atoms with Crippen molar-refractivity contribution in [3.05, 3.63) is 11.5 Å². The molecule has 0 aliphatic heterocycles. The molecular formula is C14H27BO2. The van der Waals surface area contributed by atoms with Crippen LogP contribution in [0.3, 0.4) is 0 Å². The Hall–Kier alpha value is -0.275. The standard InChI is InChI=1S/C14H27BO2/c1-12(2)16-15(17-13(3)4)14-10-8-6-5-7-9-11-14/h10,12-13H,5-9,11H2,1-4H3/b14-10+. The minimum Gasteiger partial charge on any atom is -0.405 e. The molecule has 3 heteroatoms. The molecule has 98 valence electrons. The summed E-state index contributed by atoms with van der Waals surface area (Å²) in [6.07, 6.45) is 10.4. The Morgan fingerprint density at radius 3 is 2.12 bits per heavy atom. The lowest BCUT2D eigenvalue weighted by atomic mass is 9.73. The molecule has 0 fully saturated rings. The fourth-order valence-electron chi connectivity index (χ4n) is 2.13. The smallest absolute Gasteiger partial charge is 0.405 e. The summed E-state index contributed by atoms with van der Waals surface area (Å²) in [5.74, 6) is 0. The summed E-state index contributed by atoms with van der Waals surface area (Å²) in [5, 5.41) is 0. The van der Waals surface area contributed by atoms with Crippen molar-refractivity contribution in [1.29, 1.82) is 0 Å². The predicted molar refractivity (Wildman–Crippen MR) is 74.0 cm³/mol. The summed E-state index contributed by atoms with van der Waals surface area (Å²) in [6, 6.07) is 0. The Labute approximate surface area is 107 Å². The van der Waals surface area contributed by atoms with Crippen LogP contribution in [0.1, 0.15) is 66.2 Å². The highest BCUT2D eigenvalue weighted by Crippen LogP contribution is 2.21. The SMILES string of the molecule is CC(C)OB(OC(C)C)/C1=C/CCCCCC1. The first kappa shape index (κ1) is 14.8. The number of hydrogen-bond acceptors (Lipinski definition) is 2. The molecule has 17 heavy (non-hydrogen) atoms. The third-order valence-electron chi connectivity index (χ3n) is 2.92. The summed E-state index contributed by atoms with van der Waals surface area (Å²) >= 11 is 0. The maximum Gasteiger partial charge on any atom is 0.489 e. The van der Waals surface area contributed by atoms with Gasteiger partial charge in [-0.15, -0.1) is 0 Å². The summed E-state index contributed by atoms with van der Waals surface area (Å²) in [4.78, 5) is 0. The largest absolute Gasteiger partial charge is 0.489 e. The molecule has 0 atom stereocenters. The van der Waals surface area contributed by atoms with Gasteiger partial charge in [0.25, 0.3) is 0 Å². The molecule has 0 unspecified atom stereocenters. The van der Waals surface area contributed by atoms with Gasteiger partial charge in [0.1, 0.15) is 0 Å². The van der Waals surface area contributed by atoms with Gasteiger partial charge in [-0.3, -0.25) is 0 Å². The highest BCUT2D eigenvalue weighted by molar-refractivity contribution is 6.53. The van der Waals surface area contributed by atoms with Crippen LogP contribution in [-0.4, -0.2) is 19.3 Å². The molecule has 0 bridgehead atoms. The van der Waals surface area contributed by atoms with Gasteiger partial charge in [-0.25, -0.2) is 0 Å². The van der Waals surface area contributed by atoms with E-state index in [2.05, 4.69) is 33.8 Å². The molecule has 2 nitrogen and oxygen atoms in total. The van der Waals surface area contributed by atoms with Crippen molar-refractivity contribution in [1.82, 2.24) is 0 Å². The fourth-order valence-corrected chi connectivity index (χ4v) is 2.13. The summed E-state index contributed by atoms with van der Waals surface area (Å²) < 4.78 is 11.8. The van der Waals surface area contributed by atoms with E-state index in [1.165, 1.54) is 37.6 Å². The Kier molecular flexibility index (Phi) is 6.90. The third kappa shape index (κ3) is 6.28. The molecule has 1 rings (SSSR count). The topological polar surface area (TPSA) is 18.5 Å². The molecule has 1 aliphatic carbocycles. The molecule has 0 aromatic carbocycles. The summed E-state index contributed by atoms with van der Waals surface area (Å²) in [6.45, 7) is 8.28. The van der Waals surface area contributed by atoms with Gasteiger partial charge in [-0.2, -0.15) is 0 Å². The van der Waals surface area contributed by atoms with Crippen LogP contribution in [-0.2, 0) is 9.31 Å². The van der Waals surface area contributed by atoms with Crippen molar-refractivity contribution >= 4 is 7.12 Å². The first-order valence-corrected chi connectivity index (χ1v) is 7.09. The lowest BCUT2D eigenvalue weighted by Gasteiger charge is -2.23. The summed E-state index contributed by atoms with van der Waals surface area (Å²) in [5.41, 5.74) is 1.35. The van der Waals surface area contributed by atoms with Crippen LogP contribution in [0, 0.1) is 0 Å². The number of allylic oxidation sites excluding steroid dienone is 2. The van der Waals surface area contributed by atoms with Gasteiger partial charge in [0.05, 0.1) is 0 Å². The van der Waals surface area contributed by atoms with Crippen molar-refractivity contribution < 1.29 is 9.31 Å². The maximum atomic E-state index is 5.91. The van der Waals surface area contributed by atoms with E-state index >= 15 is 0 Å². The minimum absolute atomic E-state index is 0.131. The van der Waals surface area contributed by atoms with Crippen LogP contribution >= 0.6 is 0 Å². The van der Waals surface area contributed by atoms with E-state index in [0.29, 0.717) is 0 Å². The van der Waals surface area contributed by atoms with Crippen LogP contribution in [0.5, 0.6) is 0 Å². The van der Waals surface area contributed by atoms with Gasteiger partial charge in [0, 0.05) is 12.2 Å². The van der Waals surface area contributed by atoms with Gasteiger partial charge in [0.2, 0.25) is 0 Å². The molecule has 0 aromatic heterocycles. The third-order valence-corrected chi connectivity index (χ3v) is 2.92. The highest BCUT2D eigenvalue weighted by Gasteiger charge is 2.26. The van der Waals surface area contributed by atoms with Crippen LogP contribution in [0.4, 0.5) is 0 Å². The first-order chi connectivity index (χ1) is 8.09. The second-order valence-corrected chi connectivity index (χ2v) is 5.43. The number of rotatable bonds is 5. The van der Waals surface area contributed by atoms with E-state index in [0.717, 1.165) is 6.42 Å². The van der Waals surface area contributed by atoms with Crippen molar-refractivity contribution in [3.63, 3.8) is 0 Å².